The third kappa shape index (κ3) is 2.96. The fourth-order valence-corrected chi connectivity index (χ4v) is 1.85. The Morgan fingerprint density at radius 2 is 1.84 bits per heavy atom. The Kier molecular flexibility index (Phi) is 3.61. The maximum atomic E-state index is 12.9. The summed E-state index contributed by atoms with van der Waals surface area (Å²) in [6.07, 6.45) is -3.48. The molecule has 0 atom stereocenters. The normalized spacial score (nSPS) is 11.8. The highest BCUT2D eigenvalue weighted by molar-refractivity contribution is 5.24. The van der Waals surface area contributed by atoms with E-state index in [1.54, 1.807) is 12.1 Å². The van der Waals surface area contributed by atoms with Gasteiger partial charge in [-0.1, -0.05) is 29.8 Å². The van der Waals surface area contributed by atoms with E-state index >= 15 is 0 Å². The molecule has 2 aromatic rings. The van der Waals surface area contributed by atoms with Gasteiger partial charge in [0.15, 0.2) is 0 Å². The van der Waals surface area contributed by atoms with E-state index in [0.717, 1.165) is 22.0 Å². The standard InChI is InChI=1S/C13H13F3N2O/c1-9-2-4-10(5-3-9)7-18-12(13(14,15)16)11(8-19)6-17-18/h2-6,19H,7-8H2,1H3. The van der Waals surface area contributed by atoms with Gasteiger partial charge in [0.1, 0.15) is 5.69 Å². The molecule has 0 aliphatic heterocycles. The van der Waals surface area contributed by atoms with E-state index in [0.29, 0.717) is 0 Å². The molecule has 1 heterocycles. The summed E-state index contributed by atoms with van der Waals surface area (Å²) >= 11 is 0. The fraction of sp³-hybridized carbons (Fsp3) is 0.308. The van der Waals surface area contributed by atoms with E-state index in [1.807, 2.05) is 19.1 Å². The van der Waals surface area contributed by atoms with Gasteiger partial charge in [0.05, 0.1) is 19.3 Å². The van der Waals surface area contributed by atoms with Gasteiger partial charge < -0.3 is 5.11 Å². The van der Waals surface area contributed by atoms with Crippen LogP contribution < -0.4 is 0 Å². The number of aryl methyl sites for hydroxylation is 1. The van der Waals surface area contributed by atoms with Gasteiger partial charge in [0, 0.05) is 5.56 Å². The van der Waals surface area contributed by atoms with E-state index in [9.17, 15) is 13.2 Å². The first-order chi connectivity index (χ1) is 8.91. The number of hydrogen-bond acceptors (Lipinski definition) is 2. The quantitative estimate of drug-likeness (QED) is 0.931. The van der Waals surface area contributed by atoms with E-state index in [2.05, 4.69) is 5.10 Å². The Balaban J connectivity index is 2.35. The predicted molar refractivity (Wildman–Crippen MR) is 63.4 cm³/mol. The molecule has 6 heteroatoms. The van der Waals surface area contributed by atoms with Gasteiger partial charge in [-0.2, -0.15) is 18.3 Å². The number of aliphatic hydroxyl groups excluding tert-OH is 1. The Morgan fingerprint density at radius 1 is 1.21 bits per heavy atom. The van der Waals surface area contributed by atoms with Gasteiger partial charge in [0.2, 0.25) is 0 Å². The molecule has 0 saturated carbocycles. The number of halogens is 3. The lowest BCUT2D eigenvalue weighted by molar-refractivity contribution is -0.145. The molecule has 0 unspecified atom stereocenters. The molecule has 2 rings (SSSR count). The van der Waals surface area contributed by atoms with Crippen molar-refractivity contribution in [3.63, 3.8) is 0 Å². The van der Waals surface area contributed by atoms with Crippen molar-refractivity contribution in [3.8, 4) is 0 Å². The van der Waals surface area contributed by atoms with Gasteiger partial charge in [-0.25, -0.2) is 0 Å². The number of aromatic nitrogens is 2. The maximum Gasteiger partial charge on any atom is 0.433 e. The Bertz CT molecular complexity index is 558. The third-order valence-electron chi connectivity index (χ3n) is 2.81. The average molecular weight is 270 g/mol. The predicted octanol–water partition coefficient (Wildman–Crippen LogP) is 2.75. The summed E-state index contributed by atoms with van der Waals surface area (Å²) in [5.74, 6) is 0. The molecule has 0 fully saturated rings. The molecule has 0 bridgehead atoms. The van der Waals surface area contributed by atoms with Gasteiger partial charge in [-0.15, -0.1) is 0 Å². The van der Waals surface area contributed by atoms with Crippen molar-refractivity contribution in [2.75, 3.05) is 0 Å². The summed E-state index contributed by atoms with van der Waals surface area (Å²) in [6, 6.07) is 7.18. The van der Waals surface area contributed by atoms with Crippen LogP contribution in [0.3, 0.4) is 0 Å². The van der Waals surface area contributed by atoms with Crippen LogP contribution in [-0.2, 0) is 19.3 Å². The van der Waals surface area contributed by atoms with Crippen LogP contribution in [0.4, 0.5) is 13.2 Å². The first-order valence-electron chi connectivity index (χ1n) is 5.70. The van der Waals surface area contributed by atoms with Gasteiger partial charge >= 0.3 is 6.18 Å². The van der Waals surface area contributed by atoms with Crippen molar-refractivity contribution in [1.29, 1.82) is 0 Å². The summed E-state index contributed by atoms with van der Waals surface area (Å²) in [5.41, 5.74) is 0.662. The topological polar surface area (TPSA) is 38.0 Å². The van der Waals surface area contributed by atoms with E-state index in [4.69, 9.17) is 5.11 Å². The molecule has 19 heavy (non-hydrogen) atoms. The van der Waals surface area contributed by atoms with Gasteiger partial charge in [-0.05, 0) is 12.5 Å². The van der Waals surface area contributed by atoms with Crippen molar-refractivity contribution >= 4 is 0 Å². The highest BCUT2D eigenvalue weighted by atomic mass is 19.4. The van der Waals surface area contributed by atoms with E-state index in [-0.39, 0.29) is 12.1 Å². The lowest BCUT2D eigenvalue weighted by atomic mass is 10.1. The molecule has 1 aromatic carbocycles. The van der Waals surface area contributed by atoms with Crippen LogP contribution >= 0.6 is 0 Å². The zero-order valence-corrected chi connectivity index (χ0v) is 10.3. The second-order valence-electron chi connectivity index (χ2n) is 4.32. The smallest absolute Gasteiger partial charge is 0.392 e. The van der Waals surface area contributed by atoms with E-state index in [1.165, 1.54) is 0 Å². The second kappa shape index (κ2) is 5.05. The molecule has 0 aliphatic rings. The monoisotopic (exact) mass is 270 g/mol. The lowest BCUT2D eigenvalue weighted by Gasteiger charge is -2.12. The number of aliphatic hydroxyl groups is 1. The molecule has 0 amide bonds. The van der Waals surface area contributed by atoms with Crippen molar-refractivity contribution in [3.05, 3.63) is 52.8 Å². The van der Waals surface area contributed by atoms with Crippen molar-refractivity contribution in [1.82, 2.24) is 9.78 Å². The minimum absolute atomic E-state index is 0.0229. The van der Waals surface area contributed by atoms with Crippen LogP contribution in [0.15, 0.2) is 30.5 Å². The van der Waals surface area contributed by atoms with Gasteiger partial charge in [0.25, 0.3) is 0 Å². The summed E-state index contributed by atoms with van der Waals surface area (Å²) < 4.78 is 39.6. The van der Waals surface area contributed by atoms with Gasteiger partial charge in [-0.3, -0.25) is 4.68 Å². The summed E-state index contributed by atoms with van der Waals surface area (Å²) in [5, 5.41) is 12.7. The molecular weight excluding hydrogens is 257 g/mol. The van der Waals surface area contributed by atoms with Crippen LogP contribution in [-0.4, -0.2) is 14.9 Å². The highest BCUT2D eigenvalue weighted by Gasteiger charge is 2.37. The molecule has 1 aromatic heterocycles. The van der Waals surface area contributed by atoms with Crippen molar-refractivity contribution in [2.45, 2.75) is 26.3 Å². The molecule has 102 valence electrons. The van der Waals surface area contributed by atoms with Crippen LogP contribution in [0.1, 0.15) is 22.4 Å². The van der Waals surface area contributed by atoms with Crippen LogP contribution in [0.2, 0.25) is 0 Å². The Hall–Kier alpha value is -1.82. The minimum Gasteiger partial charge on any atom is -0.392 e. The highest BCUT2D eigenvalue weighted by Crippen LogP contribution is 2.32. The fourth-order valence-electron chi connectivity index (χ4n) is 1.85. The summed E-state index contributed by atoms with van der Waals surface area (Å²) in [6.45, 7) is 1.25. The molecule has 0 aliphatic carbocycles. The Morgan fingerprint density at radius 3 is 2.37 bits per heavy atom. The van der Waals surface area contributed by atoms with Crippen LogP contribution in [0.25, 0.3) is 0 Å². The molecule has 1 N–H and O–H groups in total. The second-order valence-corrected chi connectivity index (χ2v) is 4.32. The maximum absolute atomic E-state index is 12.9. The molecule has 3 nitrogen and oxygen atoms in total. The first kappa shape index (κ1) is 13.6. The number of nitrogens with zero attached hydrogens (tertiary/aromatic N) is 2. The van der Waals surface area contributed by atoms with Crippen molar-refractivity contribution < 1.29 is 18.3 Å². The minimum atomic E-state index is -4.53. The molecule has 0 radical (unpaired) electrons. The number of benzene rings is 1. The zero-order valence-electron chi connectivity index (χ0n) is 10.3. The SMILES string of the molecule is Cc1ccc(Cn2ncc(CO)c2C(F)(F)F)cc1. The summed E-state index contributed by atoms with van der Waals surface area (Å²) in [7, 11) is 0. The number of alkyl halides is 3. The Labute approximate surface area is 108 Å². The van der Waals surface area contributed by atoms with Crippen molar-refractivity contribution in [2.24, 2.45) is 0 Å². The van der Waals surface area contributed by atoms with Crippen LogP contribution in [0.5, 0.6) is 0 Å². The summed E-state index contributed by atoms with van der Waals surface area (Å²) in [4.78, 5) is 0. The zero-order chi connectivity index (χ0) is 14.0. The molecule has 0 spiro atoms. The van der Waals surface area contributed by atoms with E-state index < -0.39 is 18.5 Å². The number of hydrogen-bond donors (Lipinski definition) is 1. The lowest BCUT2D eigenvalue weighted by Crippen LogP contribution is -2.17. The van der Waals surface area contributed by atoms with Crippen LogP contribution in [0, 0.1) is 6.92 Å². The third-order valence-corrected chi connectivity index (χ3v) is 2.81. The molecular formula is C13H13F3N2O. The average Bonchev–Trinajstić information content (AvgIpc) is 2.75. The molecule has 0 saturated heterocycles. The first-order valence-corrected chi connectivity index (χ1v) is 5.70. The number of rotatable bonds is 3. The largest absolute Gasteiger partial charge is 0.433 e.